The maximum absolute atomic E-state index is 6.13. The van der Waals surface area contributed by atoms with E-state index in [4.69, 9.17) is 15.0 Å². The molecule has 0 saturated heterocycles. The van der Waals surface area contributed by atoms with Crippen molar-refractivity contribution in [2.75, 3.05) is 7.11 Å². The lowest BCUT2D eigenvalue weighted by Gasteiger charge is -2.27. The molecular weight excluding hydrogens is 254 g/mol. The lowest BCUT2D eigenvalue weighted by atomic mass is 9.93. The van der Waals surface area contributed by atoms with E-state index < -0.39 is 0 Å². The maximum Gasteiger partial charge on any atom is 0.231 e. The number of hydrogen-bond donors (Lipinski definition) is 1. The molecule has 1 aromatic heterocycles. The molecule has 2 atom stereocenters. The Morgan fingerprint density at radius 3 is 2.50 bits per heavy atom. The van der Waals surface area contributed by atoms with Gasteiger partial charge in [-0.2, -0.15) is 4.98 Å². The van der Waals surface area contributed by atoms with Crippen molar-refractivity contribution in [2.45, 2.75) is 75.3 Å². The Balaban J connectivity index is 1.83. The zero-order valence-electron chi connectivity index (χ0n) is 12.3. The van der Waals surface area contributed by atoms with Crippen molar-refractivity contribution in [3.8, 4) is 0 Å². The molecule has 2 unspecified atom stereocenters. The predicted octanol–water partition coefficient (Wildman–Crippen LogP) is 2.86. The van der Waals surface area contributed by atoms with Crippen molar-refractivity contribution in [1.29, 1.82) is 0 Å². The summed E-state index contributed by atoms with van der Waals surface area (Å²) in [6, 6.07) is 0.163. The van der Waals surface area contributed by atoms with Gasteiger partial charge >= 0.3 is 0 Å². The van der Waals surface area contributed by atoms with Crippen molar-refractivity contribution < 1.29 is 9.26 Å². The van der Waals surface area contributed by atoms with Crippen LogP contribution in [-0.2, 0) is 10.3 Å². The predicted molar refractivity (Wildman–Crippen MR) is 75.3 cm³/mol. The largest absolute Gasteiger partial charge is 0.370 e. The van der Waals surface area contributed by atoms with Crippen LogP contribution in [0.2, 0.25) is 0 Å². The lowest BCUT2D eigenvalue weighted by Crippen LogP contribution is -2.29. The quantitative estimate of drug-likeness (QED) is 0.861. The van der Waals surface area contributed by atoms with Gasteiger partial charge in [-0.3, -0.25) is 0 Å². The van der Waals surface area contributed by atoms with Gasteiger partial charge in [-0.05, 0) is 25.7 Å². The van der Waals surface area contributed by atoms with Gasteiger partial charge in [-0.15, -0.1) is 0 Å². The van der Waals surface area contributed by atoms with Crippen LogP contribution in [0.5, 0.6) is 0 Å². The second-order valence-electron chi connectivity index (χ2n) is 6.27. The average Bonchev–Trinajstić information content (AvgIpc) is 3.03. The Kier molecular flexibility index (Phi) is 4.08. The van der Waals surface area contributed by atoms with Gasteiger partial charge in [0, 0.05) is 13.2 Å². The standard InChI is InChI=1S/C15H25N3O2/c1-19-15(9-4-2-3-5-10-15)14-17-13(20-18-14)11-7-6-8-12(11)16/h11-12H,2-10,16H2,1H3. The summed E-state index contributed by atoms with van der Waals surface area (Å²) < 4.78 is 11.4. The number of ether oxygens (including phenoxy) is 1. The van der Waals surface area contributed by atoms with Gasteiger partial charge < -0.3 is 15.0 Å². The molecule has 20 heavy (non-hydrogen) atoms. The molecule has 0 aromatic carbocycles. The zero-order valence-corrected chi connectivity index (χ0v) is 12.3. The van der Waals surface area contributed by atoms with E-state index in [-0.39, 0.29) is 17.6 Å². The molecule has 0 aliphatic heterocycles. The highest BCUT2D eigenvalue weighted by atomic mass is 16.5. The molecule has 1 aromatic rings. The highest BCUT2D eigenvalue weighted by molar-refractivity contribution is 5.07. The molecule has 1 heterocycles. The molecule has 2 aliphatic rings. The second kappa shape index (κ2) is 5.82. The van der Waals surface area contributed by atoms with E-state index in [1.54, 1.807) is 7.11 Å². The molecule has 5 heteroatoms. The molecule has 112 valence electrons. The van der Waals surface area contributed by atoms with Crippen LogP contribution < -0.4 is 5.73 Å². The van der Waals surface area contributed by atoms with Crippen molar-refractivity contribution in [3.63, 3.8) is 0 Å². The molecule has 0 bridgehead atoms. The summed E-state index contributed by atoms with van der Waals surface area (Å²) in [5.74, 6) is 1.68. The van der Waals surface area contributed by atoms with Crippen LogP contribution in [0.25, 0.3) is 0 Å². The average molecular weight is 279 g/mol. The minimum atomic E-state index is -0.346. The fourth-order valence-electron chi connectivity index (χ4n) is 3.68. The van der Waals surface area contributed by atoms with E-state index in [0.29, 0.717) is 5.89 Å². The highest BCUT2D eigenvalue weighted by Crippen LogP contribution is 2.39. The molecule has 2 saturated carbocycles. The molecule has 2 N–H and O–H groups in total. The Bertz CT molecular complexity index is 438. The van der Waals surface area contributed by atoms with Crippen LogP contribution in [-0.4, -0.2) is 23.3 Å². The van der Waals surface area contributed by atoms with Gasteiger partial charge in [-0.1, -0.05) is 37.3 Å². The number of methoxy groups -OCH3 is 1. The third kappa shape index (κ3) is 2.49. The molecule has 3 rings (SSSR count). The number of rotatable bonds is 3. The first kappa shape index (κ1) is 14.0. The minimum Gasteiger partial charge on any atom is -0.370 e. The first-order chi connectivity index (χ1) is 9.75. The fourth-order valence-corrected chi connectivity index (χ4v) is 3.68. The van der Waals surface area contributed by atoms with Crippen molar-refractivity contribution in [1.82, 2.24) is 10.1 Å². The number of nitrogens with zero attached hydrogens (tertiary/aromatic N) is 2. The van der Waals surface area contributed by atoms with E-state index in [2.05, 4.69) is 10.1 Å². The summed E-state index contributed by atoms with van der Waals surface area (Å²) in [6.45, 7) is 0. The fraction of sp³-hybridized carbons (Fsp3) is 0.867. The van der Waals surface area contributed by atoms with Crippen molar-refractivity contribution in [2.24, 2.45) is 5.73 Å². The SMILES string of the molecule is COC1(c2noc(C3CCCC3N)n2)CCCCCC1. The lowest BCUT2D eigenvalue weighted by molar-refractivity contribution is -0.0365. The normalized spacial score (nSPS) is 30.3. The van der Waals surface area contributed by atoms with E-state index in [1.165, 1.54) is 25.7 Å². The monoisotopic (exact) mass is 279 g/mol. The number of nitrogens with two attached hydrogens (primary N) is 1. The molecule has 5 nitrogen and oxygen atoms in total. The second-order valence-corrected chi connectivity index (χ2v) is 6.27. The summed E-state index contributed by atoms with van der Waals surface area (Å²) in [4.78, 5) is 4.67. The molecule has 2 aliphatic carbocycles. The summed E-state index contributed by atoms with van der Waals surface area (Å²) in [5.41, 5.74) is 5.78. The van der Waals surface area contributed by atoms with Crippen LogP contribution in [0.3, 0.4) is 0 Å². The Labute approximate surface area is 120 Å². The van der Waals surface area contributed by atoms with Crippen LogP contribution >= 0.6 is 0 Å². The van der Waals surface area contributed by atoms with E-state index >= 15 is 0 Å². The van der Waals surface area contributed by atoms with Gasteiger partial charge in [0.1, 0.15) is 5.60 Å². The topological polar surface area (TPSA) is 74.2 Å². The summed E-state index contributed by atoms with van der Waals surface area (Å²) in [7, 11) is 1.77. The van der Waals surface area contributed by atoms with Gasteiger partial charge in [0.15, 0.2) is 0 Å². The van der Waals surface area contributed by atoms with Gasteiger partial charge in [0.05, 0.1) is 5.92 Å². The third-order valence-electron chi connectivity index (χ3n) is 5.04. The highest BCUT2D eigenvalue weighted by Gasteiger charge is 2.39. The van der Waals surface area contributed by atoms with E-state index in [0.717, 1.165) is 37.9 Å². The van der Waals surface area contributed by atoms with Crippen LogP contribution in [0.1, 0.15) is 75.4 Å². The number of hydrogen-bond acceptors (Lipinski definition) is 5. The molecule has 2 fully saturated rings. The summed E-state index contributed by atoms with van der Waals surface area (Å²) in [5, 5.41) is 4.24. The number of aromatic nitrogens is 2. The molecule has 0 radical (unpaired) electrons. The first-order valence-electron chi connectivity index (χ1n) is 7.90. The van der Waals surface area contributed by atoms with Crippen LogP contribution in [0.4, 0.5) is 0 Å². The van der Waals surface area contributed by atoms with Crippen LogP contribution in [0, 0.1) is 0 Å². The Hall–Kier alpha value is -0.940. The van der Waals surface area contributed by atoms with Gasteiger partial charge in [-0.25, -0.2) is 0 Å². The third-order valence-corrected chi connectivity index (χ3v) is 5.04. The van der Waals surface area contributed by atoms with Gasteiger partial charge in [0.25, 0.3) is 0 Å². The summed E-state index contributed by atoms with van der Waals surface area (Å²) in [6.07, 6.45) is 10.1. The Morgan fingerprint density at radius 1 is 1.15 bits per heavy atom. The zero-order chi connectivity index (χ0) is 14.0. The maximum atomic E-state index is 6.13. The van der Waals surface area contributed by atoms with Gasteiger partial charge in [0.2, 0.25) is 11.7 Å². The van der Waals surface area contributed by atoms with Crippen molar-refractivity contribution in [3.05, 3.63) is 11.7 Å². The first-order valence-corrected chi connectivity index (χ1v) is 7.90. The smallest absolute Gasteiger partial charge is 0.231 e. The molecular formula is C15H25N3O2. The van der Waals surface area contributed by atoms with Crippen molar-refractivity contribution >= 4 is 0 Å². The Morgan fingerprint density at radius 2 is 1.90 bits per heavy atom. The summed E-state index contributed by atoms with van der Waals surface area (Å²) >= 11 is 0. The molecule has 0 amide bonds. The van der Waals surface area contributed by atoms with E-state index in [9.17, 15) is 0 Å². The minimum absolute atomic E-state index is 0.163. The van der Waals surface area contributed by atoms with E-state index in [1.807, 2.05) is 0 Å². The molecule has 0 spiro atoms. The van der Waals surface area contributed by atoms with Crippen LogP contribution in [0.15, 0.2) is 4.52 Å².